The molecule has 0 aliphatic carbocycles. The number of amides is 2. The molecule has 2 aromatic carbocycles. The summed E-state index contributed by atoms with van der Waals surface area (Å²) in [7, 11) is 0. The number of aromatic nitrogens is 1. The Morgan fingerprint density at radius 3 is 2.59 bits per heavy atom. The van der Waals surface area contributed by atoms with E-state index in [0.717, 1.165) is 27.7 Å². The first-order chi connectivity index (χ1) is 13.9. The monoisotopic (exact) mass is 388 g/mol. The van der Waals surface area contributed by atoms with Gasteiger partial charge in [-0.3, -0.25) is 9.59 Å². The second-order valence-corrected chi connectivity index (χ2v) is 7.67. The van der Waals surface area contributed by atoms with E-state index >= 15 is 0 Å². The van der Waals surface area contributed by atoms with Crippen molar-refractivity contribution in [2.24, 2.45) is 5.10 Å². The molecule has 0 unspecified atom stereocenters. The topological polar surface area (TPSA) is 66.7 Å². The van der Waals surface area contributed by atoms with Gasteiger partial charge in [-0.15, -0.1) is 0 Å². The van der Waals surface area contributed by atoms with Crippen LogP contribution in [-0.2, 0) is 11.3 Å². The molecule has 148 valence electrons. The average Bonchev–Trinajstić information content (AvgIpc) is 2.98. The second-order valence-electron chi connectivity index (χ2n) is 7.67. The van der Waals surface area contributed by atoms with Gasteiger partial charge >= 0.3 is 0 Å². The Kier molecular flexibility index (Phi) is 4.92. The van der Waals surface area contributed by atoms with Crippen molar-refractivity contribution in [1.29, 1.82) is 0 Å². The predicted molar refractivity (Wildman–Crippen MR) is 114 cm³/mol. The third kappa shape index (κ3) is 3.78. The molecule has 6 nitrogen and oxygen atoms in total. The molecule has 0 saturated heterocycles. The van der Waals surface area contributed by atoms with Crippen molar-refractivity contribution in [3.05, 3.63) is 71.4 Å². The fourth-order valence-electron chi connectivity index (χ4n) is 3.57. The van der Waals surface area contributed by atoms with E-state index in [4.69, 9.17) is 0 Å². The van der Waals surface area contributed by atoms with Crippen LogP contribution in [-0.4, -0.2) is 39.7 Å². The molecule has 2 amide bonds. The molecule has 1 aliphatic heterocycles. The van der Waals surface area contributed by atoms with Crippen molar-refractivity contribution >= 4 is 28.4 Å². The van der Waals surface area contributed by atoms with E-state index < -0.39 is 0 Å². The molecule has 0 saturated carbocycles. The van der Waals surface area contributed by atoms with Crippen LogP contribution in [0.4, 0.5) is 0 Å². The lowest BCUT2D eigenvalue weighted by atomic mass is 10.1. The van der Waals surface area contributed by atoms with E-state index in [-0.39, 0.29) is 24.4 Å². The van der Waals surface area contributed by atoms with E-state index in [1.165, 1.54) is 5.01 Å². The van der Waals surface area contributed by atoms with Crippen molar-refractivity contribution in [2.45, 2.75) is 33.4 Å². The van der Waals surface area contributed by atoms with Gasteiger partial charge in [0.1, 0.15) is 12.2 Å². The lowest BCUT2D eigenvalue weighted by molar-refractivity contribution is -0.122. The Morgan fingerprint density at radius 2 is 1.86 bits per heavy atom. The number of hydrazone groups is 1. The van der Waals surface area contributed by atoms with Gasteiger partial charge in [0.15, 0.2) is 0 Å². The third-order valence-corrected chi connectivity index (χ3v) is 4.94. The van der Waals surface area contributed by atoms with E-state index in [9.17, 15) is 9.59 Å². The average molecular weight is 388 g/mol. The highest BCUT2D eigenvalue weighted by molar-refractivity contribution is 6.07. The van der Waals surface area contributed by atoms with Crippen LogP contribution < -0.4 is 5.32 Å². The summed E-state index contributed by atoms with van der Waals surface area (Å²) in [5.41, 5.74) is 4.34. The molecule has 0 radical (unpaired) electrons. The van der Waals surface area contributed by atoms with Crippen LogP contribution in [0.5, 0.6) is 0 Å². The Morgan fingerprint density at radius 1 is 1.14 bits per heavy atom. The number of nitrogens with one attached hydrogen (secondary N) is 1. The van der Waals surface area contributed by atoms with Crippen LogP contribution in [0.25, 0.3) is 10.9 Å². The van der Waals surface area contributed by atoms with E-state index in [2.05, 4.69) is 10.4 Å². The minimum atomic E-state index is -0.276. The molecule has 0 atom stereocenters. The summed E-state index contributed by atoms with van der Waals surface area (Å²) < 4.78 is 1.98. The van der Waals surface area contributed by atoms with Gasteiger partial charge in [0.05, 0.1) is 12.3 Å². The van der Waals surface area contributed by atoms with Gasteiger partial charge < -0.3 is 9.88 Å². The largest absolute Gasteiger partial charge is 0.352 e. The normalized spacial score (nSPS) is 14.0. The zero-order valence-corrected chi connectivity index (χ0v) is 16.8. The number of hydrogen-bond donors (Lipinski definition) is 1. The summed E-state index contributed by atoms with van der Waals surface area (Å²) >= 11 is 0. The van der Waals surface area contributed by atoms with E-state index in [1.54, 1.807) is 0 Å². The molecule has 2 heterocycles. The molecule has 1 aromatic heterocycles. The molecule has 3 aromatic rings. The van der Waals surface area contributed by atoms with Gasteiger partial charge in [0.25, 0.3) is 5.91 Å². The molecule has 1 aliphatic rings. The molecule has 1 N–H and O–H groups in total. The van der Waals surface area contributed by atoms with Crippen molar-refractivity contribution in [2.75, 3.05) is 6.54 Å². The molecule has 0 bridgehead atoms. The first-order valence-corrected chi connectivity index (χ1v) is 9.76. The lowest BCUT2D eigenvalue weighted by Crippen LogP contribution is -2.40. The fraction of sp³-hybridized carbons (Fsp3) is 0.261. The number of rotatable bonds is 4. The van der Waals surface area contributed by atoms with Gasteiger partial charge in [-0.25, -0.2) is 5.01 Å². The summed E-state index contributed by atoms with van der Waals surface area (Å²) in [4.78, 5) is 25.6. The molecule has 4 rings (SSSR count). The van der Waals surface area contributed by atoms with Gasteiger partial charge in [0.2, 0.25) is 5.91 Å². The van der Waals surface area contributed by atoms with Crippen molar-refractivity contribution in [3.8, 4) is 0 Å². The number of para-hydroxylation sites is 1. The quantitative estimate of drug-likeness (QED) is 0.745. The van der Waals surface area contributed by atoms with Crippen molar-refractivity contribution < 1.29 is 9.59 Å². The Labute approximate surface area is 169 Å². The highest BCUT2D eigenvalue weighted by Gasteiger charge is 2.28. The smallest absolute Gasteiger partial charge is 0.291 e. The Hall–Kier alpha value is -3.41. The maximum Gasteiger partial charge on any atom is 0.291 e. The highest BCUT2D eigenvalue weighted by atomic mass is 16.2. The number of aryl methyl sites for hydroxylation is 1. The minimum absolute atomic E-state index is 0.00317. The summed E-state index contributed by atoms with van der Waals surface area (Å²) in [6.45, 7) is 6.15. The number of benzene rings is 2. The van der Waals surface area contributed by atoms with Gasteiger partial charge in [-0.2, -0.15) is 5.10 Å². The number of fused-ring (bicyclic) bond motifs is 3. The minimum Gasteiger partial charge on any atom is -0.352 e. The fourth-order valence-corrected chi connectivity index (χ4v) is 3.57. The van der Waals surface area contributed by atoms with Crippen LogP contribution in [0.15, 0.2) is 59.7 Å². The zero-order valence-electron chi connectivity index (χ0n) is 16.8. The maximum atomic E-state index is 13.3. The van der Waals surface area contributed by atoms with Crippen LogP contribution in [0.3, 0.4) is 0 Å². The van der Waals surface area contributed by atoms with Gasteiger partial charge in [0, 0.05) is 16.9 Å². The molecule has 6 heteroatoms. The van der Waals surface area contributed by atoms with Crippen LogP contribution in [0.2, 0.25) is 0 Å². The summed E-state index contributed by atoms with van der Waals surface area (Å²) in [5.74, 6) is -0.507. The first kappa shape index (κ1) is 18.9. The maximum absolute atomic E-state index is 13.3. The zero-order chi connectivity index (χ0) is 20.5. The summed E-state index contributed by atoms with van der Waals surface area (Å²) in [6, 6.07) is 17.8. The molecule has 29 heavy (non-hydrogen) atoms. The van der Waals surface area contributed by atoms with E-state index in [0.29, 0.717) is 12.2 Å². The molecule has 0 spiro atoms. The van der Waals surface area contributed by atoms with Crippen LogP contribution in [0.1, 0.15) is 35.5 Å². The highest BCUT2D eigenvalue weighted by Crippen LogP contribution is 2.24. The van der Waals surface area contributed by atoms with Crippen molar-refractivity contribution in [3.63, 3.8) is 0 Å². The van der Waals surface area contributed by atoms with E-state index in [1.807, 2.05) is 79.9 Å². The number of carbonyl (C=O) groups excluding carboxylic acids is 2. The van der Waals surface area contributed by atoms with Crippen LogP contribution in [0, 0.1) is 6.92 Å². The van der Waals surface area contributed by atoms with Crippen LogP contribution >= 0.6 is 0 Å². The standard InChI is InChI=1S/C23H24N4O2/c1-15(2)24-22(28)14-27-23(29)21-12-18-6-4-5-7-20(18)26(21)13-19(25-27)17-10-8-16(3)9-11-17/h4-12,15H,13-14H2,1-3H3,(H,24,28). The third-order valence-electron chi connectivity index (χ3n) is 4.94. The van der Waals surface area contributed by atoms with Crippen molar-refractivity contribution in [1.82, 2.24) is 14.9 Å². The lowest BCUT2D eigenvalue weighted by Gasteiger charge is -2.17. The van der Waals surface area contributed by atoms with Gasteiger partial charge in [-0.1, -0.05) is 48.0 Å². The Bertz CT molecular complexity index is 1110. The summed E-state index contributed by atoms with van der Waals surface area (Å²) in [6.07, 6.45) is 0. The first-order valence-electron chi connectivity index (χ1n) is 9.76. The van der Waals surface area contributed by atoms with Gasteiger partial charge in [-0.05, 0) is 38.5 Å². The number of hydrogen-bond acceptors (Lipinski definition) is 3. The number of carbonyl (C=O) groups is 2. The Balaban J connectivity index is 1.81. The SMILES string of the molecule is Cc1ccc(C2=NN(CC(=O)NC(C)C)C(=O)c3cc4ccccc4n3C2)cc1. The molecular weight excluding hydrogens is 364 g/mol. The molecule has 0 fully saturated rings. The summed E-state index contributed by atoms with van der Waals surface area (Å²) in [5, 5.41) is 9.73. The predicted octanol–water partition coefficient (Wildman–Crippen LogP) is 3.33. The second kappa shape index (κ2) is 7.54. The number of nitrogens with zero attached hydrogens (tertiary/aromatic N) is 3. The molecular formula is C23H24N4O2.